The summed E-state index contributed by atoms with van der Waals surface area (Å²) in [5.74, 6) is -3.52. The molecule has 1 saturated heterocycles. The molecule has 5 atom stereocenters. The lowest BCUT2D eigenvalue weighted by Crippen LogP contribution is -2.55. The van der Waals surface area contributed by atoms with Crippen molar-refractivity contribution >= 4 is 35.1 Å². The zero-order chi connectivity index (χ0) is 53.2. The lowest BCUT2D eigenvalue weighted by molar-refractivity contribution is -0.134. The fourth-order valence-corrected chi connectivity index (χ4v) is 9.80. The molecule has 0 saturated carbocycles. The van der Waals surface area contributed by atoms with E-state index in [1.807, 2.05) is 66.9 Å². The van der Waals surface area contributed by atoms with Gasteiger partial charge in [0.25, 0.3) is 5.91 Å². The number of anilines is 2. The van der Waals surface area contributed by atoms with E-state index in [1.54, 1.807) is 53.4 Å². The molecule has 0 spiro atoms. The van der Waals surface area contributed by atoms with Crippen LogP contribution in [0.15, 0.2) is 158 Å². The smallest absolute Gasteiger partial charge is 0.312 e. The molecule has 1 aliphatic rings. The predicted octanol–water partition coefficient (Wildman–Crippen LogP) is 11.5. The number of aliphatic hydroxyl groups is 3. The Morgan fingerprint density at radius 1 is 0.697 bits per heavy atom. The number of benzene rings is 6. The van der Waals surface area contributed by atoms with Crippen LogP contribution < -0.4 is 20.3 Å². The van der Waals surface area contributed by atoms with Gasteiger partial charge in [-0.1, -0.05) is 94.1 Å². The third kappa shape index (κ3) is 13.5. The van der Waals surface area contributed by atoms with E-state index in [0.717, 1.165) is 5.56 Å². The number of hydrogen-bond acceptors (Lipinski definition) is 8. The Balaban J connectivity index is 0.00000840. The number of β-lactam (4-membered cyclic amide) rings is 1. The number of nitrogens with one attached hydrogen (secondary N) is 2. The topological polar surface area (TPSA) is 170 Å². The Kier molecular flexibility index (Phi) is 18.8. The molecule has 5 unspecified atom stereocenters. The van der Waals surface area contributed by atoms with Gasteiger partial charge >= 0.3 is 5.97 Å². The molecule has 0 aliphatic carbocycles. The molecule has 0 bridgehead atoms. The van der Waals surface area contributed by atoms with Crippen molar-refractivity contribution in [3.63, 3.8) is 0 Å². The Morgan fingerprint density at radius 2 is 1.29 bits per heavy atom. The number of amides is 3. The van der Waals surface area contributed by atoms with E-state index in [-0.39, 0.29) is 76.1 Å². The number of carbonyl (C=O) groups is 4. The number of carbonyl (C=O) groups excluding carboxylic acids is 4. The van der Waals surface area contributed by atoms with Crippen LogP contribution >= 0.6 is 0 Å². The summed E-state index contributed by atoms with van der Waals surface area (Å²) in [6.07, 6.45) is -3.22. The average molecular weight is 1040 g/mol. The van der Waals surface area contributed by atoms with Crippen LogP contribution in [0.2, 0.25) is 0 Å². The van der Waals surface area contributed by atoms with Crippen LogP contribution in [-0.2, 0) is 20.9 Å². The molecule has 8 rings (SSSR count). The second-order valence-corrected chi connectivity index (χ2v) is 19.0. The van der Waals surface area contributed by atoms with E-state index < -0.39 is 59.6 Å². The van der Waals surface area contributed by atoms with Crippen molar-refractivity contribution in [2.75, 3.05) is 16.8 Å². The largest absolute Gasteiger partial charge is 0.426 e. The molecule has 7 aromatic rings. The quantitative estimate of drug-likeness (QED) is 0.0254. The standard InChI is InChI=1S/C60H59F3N4O8.CH4/c1-37(2)56-55(59(73)65-45-11-7-4-8-12-45)54(39-9-5-3-6-10-39)58(41-15-21-43(62)22-16-41)66(56)34-32-47(68)35-48(69)36-52(71)64-33-31-53(72)75-49-27-17-40(18-28-49)57-50(29-30-51(70)38-13-19-42(61)20-14-38)60(74)67(57)46-25-23-44(63)24-26-46;/h3-28,37,47-48,50-51,57,68-70H,29-36H2,1-2H3,(H,64,71)(H,65,73);1H4. The zero-order valence-corrected chi connectivity index (χ0v) is 41.5. The Bertz CT molecular complexity index is 3060. The van der Waals surface area contributed by atoms with Gasteiger partial charge in [0.05, 0.1) is 54.4 Å². The van der Waals surface area contributed by atoms with Gasteiger partial charge in [-0.05, 0) is 139 Å². The van der Waals surface area contributed by atoms with Crippen molar-refractivity contribution in [1.29, 1.82) is 0 Å². The number of aliphatic hydroxyl groups excluding tert-OH is 3. The van der Waals surface area contributed by atoms with Crippen molar-refractivity contribution in [3.05, 3.63) is 198 Å². The Labute approximate surface area is 440 Å². The van der Waals surface area contributed by atoms with Crippen molar-refractivity contribution in [3.8, 4) is 28.1 Å². The third-order valence-electron chi connectivity index (χ3n) is 13.4. The highest BCUT2D eigenvalue weighted by Crippen LogP contribution is 2.47. The molecular weight excluding hydrogens is 974 g/mol. The van der Waals surface area contributed by atoms with Gasteiger partial charge in [-0.3, -0.25) is 19.2 Å². The van der Waals surface area contributed by atoms with Gasteiger partial charge in [0.2, 0.25) is 11.8 Å². The number of para-hydroxylation sites is 1. The SMILES string of the molecule is C.CC(C)c1c(C(=O)Nc2ccccc2)c(-c2ccccc2)c(-c2ccc(F)cc2)n1CCC(O)CC(O)CC(=O)NCCC(=O)Oc1ccc(C2C(CCC(O)c3ccc(F)cc3)C(=O)N2c2ccc(F)cc2)cc1. The number of esters is 1. The second kappa shape index (κ2) is 25.6. The Morgan fingerprint density at radius 3 is 1.91 bits per heavy atom. The summed E-state index contributed by atoms with van der Waals surface area (Å²) in [5.41, 5.74) is 6.22. The zero-order valence-electron chi connectivity index (χ0n) is 41.5. The number of hydrogen-bond donors (Lipinski definition) is 5. The van der Waals surface area contributed by atoms with Crippen LogP contribution in [-0.4, -0.2) is 62.3 Å². The molecule has 15 heteroatoms. The highest BCUT2D eigenvalue weighted by molar-refractivity contribution is 6.12. The lowest BCUT2D eigenvalue weighted by Gasteiger charge is -2.48. The van der Waals surface area contributed by atoms with Crippen molar-refractivity contribution < 1.29 is 52.4 Å². The maximum Gasteiger partial charge on any atom is 0.312 e. The maximum absolute atomic E-state index is 14.4. The first-order chi connectivity index (χ1) is 36.1. The summed E-state index contributed by atoms with van der Waals surface area (Å²) in [7, 11) is 0. The van der Waals surface area contributed by atoms with Crippen molar-refractivity contribution in [2.24, 2.45) is 5.92 Å². The van der Waals surface area contributed by atoms with Gasteiger partial charge in [0, 0.05) is 35.7 Å². The molecule has 6 aromatic carbocycles. The summed E-state index contributed by atoms with van der Waals surface area (Å²) >= 11 is 0. The van der Waals surface area contributed by atoms with Gasteiger partial charge < -0.3 is 40.2 Å². The van der Waals surface area contributed by atoms with Gasteiger partial charge in [-0.25, -0.2) is 13.2 Å². The highest BCUT2D eigenvalue weighted by atomic mass is 19.1. The molecule has 2 heterocycles. The molecule has 3 amide bonds. The molecule has 1 aliphatic heterocycles. The molecule has 0 radical (unpaired) electrons. The molecule has 5 N–H and O–H groups in total. The molecule has 396 valence electrons. The number of halogens is 3. The summed E-state index contributed by atoms with van der Waals surface area (Å²) < 4.78 is 49.2. The first kappa shape index (κ1) is 55.9. The van der Waals surface area contributed by atoms with E-state index in [1.165, 1.54) is 60.7 Å². The van der Waals surface area contributed by atoms with Crippen LogP contribution in [0.4, 0.5) is 24.5 Å². The number of rotatable bonds is 22. The fourth-order valence-electron chi connectivity index (χ4n) is 9.80. The molecule has 1 aromatic heterocycles. The van der Waals surface area contributed by atoms with E-state index in [9.17, 15) is 47.7 Å². The summed E-state index contributed by atoms with van der Waals surface area (Å²) in [4.78, 5) is 55.3. The number of aromatic nitrogens is 1. The van der Waals surface area contributed by atoms with Gasteiger partial charge in [-0.15, -0.1) is 0 Å². The fraction of sp³-hybridized carbons (Fsp3) is 0.279. The van der Waals surface area contributed by atoms with E-state index in [4.69, 9.17) is 4.74 Å². The maximum atomic E-state index is 14.4. The predicted molar refractivity (Wildman–Crippen MR) is 287 cm³/mol. The third-order valence-corrected chi connectivity index (χ3v) is 13.4. The van der Waals surface area contributed by atoms with E-state index >= 15 is 0 Å². The number of ether oxygens (including phenoxy) is 1. The average Bonchev–Trinajstić information content (AvgIpc) is 3.76. The summed E-state index contributed by atoms with van der Waals surface area (Å²) in [6.45, 7) is 4.07. The van der Waals surface area contributed by atoms with Crippen LogP contribution in [0.5, 0.6) is 5.75 Å². The first-order valence-corrected chi connectivity index (χ1v) is 25.0. The van der Waals surface area contributed by atoms with Crippen LogP contribution in [0, 0.1) is 23.4 Å². The van der Waals surface area contributed by atoms with Crippen molar-refractivity contribution in [1.82, 2.24) is 9.88 Å². The monoisotopic (exact) mass is 1040 g/mol. The second-order valence-electron chi connectivity index (χ2n) is 19.0. The van der Waals surface area contributed by atoms with Crippen LogP contribution in [0.25, 0.3) is 22.4 Å². The minimum atomic E-state index is -1.23. The lowest BCUT2D eigenvalue weighted by atomic mass is 9.78. The summed E-state index contributed by atoms with van der Waals surface area (Å²) in [5, 5.41) is 38.7. The first-order valence-electron chi connectivity index (χ1n) is 25.0. The van der Waals surface area contributed by atoms with Gasteiger partial charge in [0.15, 0.2) is 0 Å². The normalized spacial score (nSPS) is 15.3. The molecule has 1 fully saturated rings. The summed E-state index contributed by atoms with van der Waals surface area (Å²) in [6, 6.07) is 41.8. The molecule has 76 heavy (non-hydrogen) atoms. The Hall–Kier alpha value is -7.85. The van der Waals surface area contributed by atoms with Gasteiger partial charge in [0.1, 0.15) is 23.2 Å². The van der Waals surface area contributed by atoms with Crippen LogP contribution in [0.3, 0.4) is 0 Å². The minimum Gasteiger partial charge on any atom is -0.426 e. The van der Waals surface area contributed by atoms with Crippen LogP contribution in [0.1, 0.15) is 105 Å². The number of nitrogens with zero attached hydrogens (tertiary/aromatic N) is 2. The minimum absolute atomic E-state index is 0. The molecule has 12 nitrogen and oxygen atoms in total. The highest BCUT2D eigenvalue weighted by Gasteiger charge is 2.48. The molecular formula is C61H63F3N4O8. The van der Waals surface area contributed by atoms with E-state index in [2.05, 4.69) is 10.6 Å². The van der Waals surface area contributed by atoms with Crippen molar-refractivity contribution in [2.45, 2.75) is 96.6 Å². The van der Waals surface area contributed by atoms with E-state index in [0.29, 0.717) is 57.0 Å². The van der Waals surface area contributed by atoms with Gasteiger partial charge in [-0.2, -0.15) is 0 Å².